The molecular weight excluding hydrogens is 563 g/mol. The number of aromatic nitrogens is 1. The molecular formula is C32H38F3N3O5. The number of carbonyl (C=O) groups excluding carboxylic acids is 2. The van der Waals surface area contributed by atoms with Gasteiger partial charge in [0.25, 0.3) is 5.91 Å². The summed E-state index contributed by atoms with van der Waals surface area (Å²) >= 11 is 0. The standard InChI is InChI=1S/C32H38F3N3O5/c1-19(2)38-30(4,5)23-16-24(21-9-7-20(3)8-10-21)37-28(17-23)31(41,32(33,34)35)14-13-25(39)22-11-12-26(27(15-22)42-6)43-18-29(36)40/h7-12,15-17,19,38,41H,13-14,18H2,1-6H3,(H2,36,40). The smallest absolute Gasteiger partial charge is 0.422 e. The van der Waals surface area contributed by atoms with Crippen LogP contribution in [0, 0.1) is 6.92 Å². The van der Waals surface area contributed by atoms with Gasteiger partial charge in [0.15, 0.2) is 23.9 Å². The third kappa shape index (κ3) is 8.11. The number of nitrogens with one attached hydrogen (secondary N) is 1. The number of Topliss-reactive ketones (excluding diaryl/α,β-unsaturated/α-hetero) is 1. The molecule has 2 aromatic carbocycles. The average molecular weight is 602 g/mol. The monoisotopic (exact) mass is 601 g/mol. The van der Waals surface area contributed by atoms with E-state index in [1.54, 1.807) is 18.2 Å². The minimum Gasteiger partial charge on any atom is -0.493 e. The molecule has 3 rings (SSSR count). The molecule has 0 radical (unpaired) electrons. The number of hydrogen-bond donors (Lipinski definition) is 3. The number of primary amides is 1. The molecule has 1 unspecified atom stereocenters. The van der Waals surface area contributed by atoms with Crippen LogP contribution in [0.25, 0.3) is 11.3 Å². The van der Waals surface area contributed by atoms with E-state index >= 15 is 0 Å². The first-order valence-corrected chi connectivity index (χ1v) is 13.8. The van der Waals surface area contributed by atoms with Gasteiger partial charge in [-0.3, -0.25) is 9.59 Å². The van der Waals surface area contributed by atoms with Crippen molar-refractivity contribution in [2.45, 2.75) is 70.8 Å². The number of nitrogens with two attached hydrogens (primary N) is 1. The third-order valence-electron chi connectivity index (χ3n) is 7.01. The zero-order valence-electron chi connectivity index (χ0n) is 25.1. The van der Waals surface area contributed by atoms with Gasteiger partial charge in [0, 0.05) is 29.1 Å². The summed E-state index contributed by atoms with van der Waals surface area (Å²) in [6.07, 6.45) is -6.78. The lowest BCUT2D eigenvalue weighted by atomic mass is 9.85. The van der Waals surface area contributed by atoms with Crippen molar-refractivity contribution in [3.05, 3.63) is 77.0 Å². The van der Waals surface area contributed by atoms with E-state index in [9.17, 15) is 27.9 Å². The summed E-state index contributed by atoms with van der Waals surface area (Å²) in [5.41, 5.74) is 2.63. The summed E-state index contributed by atoms with van der Waals surface area (Å²) in [5.74, 6) is -1.17. The van der Waals surface area contributed by atoms with Crippen LogP contribution in [0.15, 0.2) is 54.6 Å². The van der Waals surface area contributed by atoms with E-state index in [0.29, 0.717) is 11.1 Å². The van der Waals surface area contributed by atoms with Crippen molar-refractivity contribution >= 4 is 11.7 Å². The van der Waals surface area contributed by atoms with E-state index in [4.69, 9.17) is 15.2 Å². The molecule has 0 saturated carbocycles. The SMILES string of the molecule is COc1cc(C(=O)CCC(O)(c2cc(C(C)(C)NC(C)C)cc(-c3ccc(C)cc3)n2)C(F)(F)F)ccc1OCC(N)=O. The molecule has 43 heavy (non-hydrogen) atoms. The molecule has 0 saturated heterocycles. The quantitative estimate of drug-likeness (QED) is 0.219. The van der Waals surface area contributed by atoms with E-state index in [-0.39, 0.29) is 28.8 Å². The van der Waals surface area contributed by atoms with Crippen LogP contribution in [0.5, 0.6) is 11.5 Å². The van der Waals surface area contributed by atoms with E-state index in [1.807, 2.05) is 46.8 Å². The molecule has 1 aromatic heterocycles. The van der Waals surface area contributed by atoms with Crippen molar-refractivity contribution in [2.24, 2.45) is 5.73 Å². The second-order valence-electron chi connectivity index (χ2n) is 11.3. The summed E-state index contributed by atoms with van der Waals surface area (Å²) < 4.78 is 54.5. The fourth-order valence-corrected chi connectivity index (χ4v) is 4.74. The van der Waals surface area contributed by atoms with Crippen molar-refractivity contribution in [1.82, 2.24) is 10.3 Å². The molecule has 0 aliphatic heterocycles. The van der Waals surface area contributed by atoms with Crippen molar-refractivity contribution in [3.63, 3.8) is 0 Å². The largest absolute Gasteiger partial charge is 0.493 e. The van der Waals surface area contributed by atoms with E-state index < -0.39 is 54.1 Å². The third-order valence-corrected chi connectivity index (χ3v) is 7.01. The Hall–Kier alpha value is -3.96. The maximum absolute atomic E-state index is 14.7. The first kappa shape index (κ1) is 33.5. The van der Waals surface area contributed by atoms with E-state index in [0.717, 1.165) is 5.56 Å². The van der Waals surface area contributed by atoms with E-state index in [2.05, 4.69) is 10.3 Å². The number of halogens is 3. The predicted molar refractivity (Wildman–Crippen MR) is 157 cm³/mol. The minimum absolute atomic E-state index is 0.0122. The number of aliphatic hydroxyl groups is 1. The van der Waals surface area contributed by atoms with Crippen LogP contribution in [0.1, 0.15) is 67.7 Å². The number of methoxy groups -OCH3 is 1. The molecule has 11 heteroatoms. The Bertz CT molecular complexity index is 1460. The van der Waals surface area contributed by atoms with Crippen molar-refractivity contribution in [1.29, 1.82) is 0 Å². The van der Waals surface area contributed by atoms with Crippen LogP contribution < -0.4 is 20.5 Å². The number of amides is 1. The molecule has 4 N–H and O–H groups in total. The van der Waals surface area contributed by atoms with Gasteiger partial charge in [-0.1, -0.05) is 43.7 Å². The van der Waals surface area contributed by atoms with Crippen molar-refractivity contribution < 1.29 is 37.3 Å². The summed E-state index contributed by atoms with van der Waals surface area (Å²) in [7, 11) is 1.31. The summed E-state index contributed by atoms with van der Waals surface area (Å²) in [6.45, 7) is 8.99. The molecule has 1 atom stereocenters. The van der Waals surface area contributed by atoms with Gasteiger partial charge in [-0.2, -0.15) is 13.2 Å². The molecule has 1 amide bonds. The topological polar surface area (TPSA) is 124 Å². The normalized spacial score (nSPS) is 13.5. The molecule has 0 spiro atoms. The first-order chi connectivity index (χ1) is 20.0. The number of ketones is 1. The predicted octanol–water partition coefficient (Wildman–Crippen LogP) is 5.58. The second-order valence-corrected chi connectivity index (χ2v) is 11.3. The van der Waals surface area contributed by atoms with Gasteiger partial charge < -0.3 is 25.6 Å². The van der Waals surface area contributed by atoms with E-state index in [1.165, 1.54) is 31.4 Å². The molecule has 1 heterocycles. The number of hydrogen-bond acceptors (Lipinski definition) is 7. The lowest BCUT2D eigenvalue weighted by molar-refractivity contribution is -0.270. The number of benzene rings is 2. The van der Waals surface area contributed by atoms with Crippen LogP contribution in [-0.4, -0.2) is 47.7 Å². The van der Waals surface area contributed by atoms with Crippen LogP contribution in [-0.2, 0) is 15.9 Å². The molecule has 232 valence electrons. The van der Waals surface area contributed by atoms with Gasteiger partial charge in [-0.25, -0.2) is 4.98 Å². The van der Waals surface area contributed by atoms with Crippen LogP contribution in [0.3, 0.4) is 0 Å². The highest BCUT2D eigenvalue weighted by atomic mass is 19.4. The molecule has 0 fully saturated rings. The number of pyridine rings is 1. The highest BCUT2D eigenvalue weighted by Crippen LogP contribution is 2.44. The Kier molecular flexibility index (Phi) is 10.2. The second kappa shape index (κ2) is 13.1. The lowest BCUT2D eigenvalue weighted by Crippen LogP contribution is -2.45. The van der Waals surface area contributed by atoms with Gasteiger partial charge in [0.1, 0.15) is 0 Å². The van der Waals surface area contributed by atoms with Crippen LogP contribution in [0.2, 0.25) is 0 Å². The van der Waals surface area contributed by atoms with Gasteiger partial charge in [-0.15, -0.1) is 0 Å². The number of alkyl halides is 3. The molecule has 0 aliphatic carbocycles. The Morgan fingerprint density at radius 1 is 1.02 bits per heavy atom. The minimum atomic E-state index is -5.15. The summed E-state index contributed by atoms with van der Waals surface area (Å²) in [5, 5.41) is 14.7. The highest BCUT2D eigenvalue weighted by Gasteiger charge is 2.56. The van der Waals surface area contributed by atoms with Crippen LogP contribution in [0.4, 0.5) is 13.2 Å². The number of ether oxygens (including phenoxy) is 2. The first-order valence-electron chi connectivity index (χ1n) is 13.8. The van der Waals surface area contributed by atoms with Gasteiger partial charge >= 0.3 is 6.18 Å². The van der Waals surface area contributed by atoms with Gasteiger partial charge in [-0.05, 0) is 63.1 Å². The Morgan fingerprint density at radius 2 is 1.67 bits per heavy atom. The average Bonchev–Trinajstić information content (AvgIpc) is 2.93. The lowest BCUT2D eigenvalue weighted by Gasteiger charge is -2.34. The maximum Gasteiger partial charge on any atom is 0.422 e. The number of nitrogens with zero attached hydrogens (tertiary/aromatic N) is 1. The Labute approximate surface area is 249 Å². The summed E-state index contributed by atoms with van der Waals surface area (Å²) in [4.78, 5) is 28.4. The van der Waals surface area contributed by atoms with Gasteiger partial charge in [0.05, 0.1) is 18.5 Å². The Balaban J connectivity index is 2.04. The zero-order chi connectivity index (χ0) is 32.2. The maximum atomic E-state index is 14.7. The molecule has 8 nitrogen and oxygen atoms in total. The highest BCUT2D eigenvalue weighted by molar-refractivity contribution is 5.96. The van der Waals surface area contributed by atoms with Crippen LogP contribution >= 0.6 is 0 Å². The zero-order valence-corrected chi connectivity index (χ0v) is 25.1. The Morgan fingerprint density at radius 3 is 2.23 bits per heavy atom. The number of rotatable bonds is 13. The number of carbonyl (C=O) groups is 2. The number of aryl methyl sites for hydroxylation is 1. The van der Waals surface area contributed by atoms with Gasteiger partial charge in [0.2, 0.25) is 5.60 Å². The summed E-state index contributed by atoms with van der Waals surface area (Å²) in [6, 6.07) is 14.1. The fourth-order valence-electron chi connectivity index (χ4n) is 4.74. The fraction of sp³-hybridized carbons (Fsp3) is 0.406. The van der Waals surface area contributed by atoms with Crippen molar-refractivity contribution in [2.75, 3.05) is 13.7 Å². The molecule has 3 aromatic rings. The molecule has 0 bridgehead atoms. The van der Waals surface area contributed by atoms with Crippen molar-refractivity contribution in [3.8, 4) is 22.8 Å². The molecule has 0 aliphatic rings.